The van der Waals surface area contributed by atoms with Crippen molar-refractivity contribution in [3.63, 3.8) is 0 Å². The van der Waals surface area contributed by atoms with Crippen LogP contribution in [0.25, 0.3) is 0 Å². The molecule has 5 rings (SSSR count). The van der Waals surface area contributed by atoms with Gasteiger partial charge in [0, 0.05) is 24.3 Å². The van der Waals surface area contributed by atoms with Gasteiger partial charge in [-0.1, -0.05) is 17.7 Å². The first-order valence-electron chi connectivity index (χ1n) is 9.35. The highest BCUT2D eigenvalue weighted by molar-refractivity contribution is 6.30. The summed E-state index contributed by atoms with van der Waals surface area (Å²) in [6, 6.07) is 9.28. The van der Waals surface area contributed by atoms with Crippen molar-refractivity contribution in [1.29, 1.82) is 5.26 Å². The Morgan fingerprint density at radius 3 is 2.67 bits per heavy atom. The van der Waals surface area contributed by atoms with Crippen LogP contribution in [0.2, 0.25) is 5.02 Å². The van der Waals surface area contributed by atoms with Crippen molar-refractivity contribution in [2.45, 2.75) is 31.3 Å². The van der Waals surface area contributed by atoms with E-state index in [0.717, 1.165) is 11.6 Å². The van der Waals surface area contributed by atoms with Crippen molar-refractivity contribution < 1.29 is 18.7 Å². The predicted molar refractivity (Wildman–Crippen MR) is 105 cm³/mol. The van der Waals surface area contributed by atoms with E-state index < -0.39 is 11.2 Å². The molecular formula is C21H18ClFN4O3. The second-order valence-corrected chi connectivity index (χ2v) is 8.26. The van der Waals surface area contributed by atoms with Gasteiger partial charge in [-0.2, -0.15) is 5.26 Å². The van der Waals surface area contributed by atoms with Gasteiger partial charge in [0.1, 0.15) is 23.3 Å². The highest BCUT2D eigenvalue weighted by atomic mass is 35.5. The summed E-state index contributed by atoms with van der Waals surface area (Å²) in [5, 5.41) is 14.6. The molecule has 3 aliphatic rings. The summed E-state index contributed by atoms with van der Waals surface area (Å²) in [6.07, 6.45) is 3.31. The summed E-state index contributed by atoms with van der Waals surface area (Å²) in [7, 11) is 0. The Morgan fingerprint density at radius 2 is 2.03 bits per heavy atom. The number of hydrogen-bond donors (Lipinski definition) is 2. The monoisotopic (exact) mass is 428 g/mol. The number of nitrogens with one attached hydrogen (secondary N) is 2. The maximum Gasteiger partial charge on any atom is 0.258 e. The van der Waals surface area contributed by atoms with E-state index in [1.54, 1.807) is 18.3 Å². The highest BCUT2D eigenvalue weighted by Gasteiger charge is 2.72. The van der Waals surface area contributed by atoms with Crippen molar-refractivity contribution in [1.82, 2.24) is 15.6 Å². The number of carbonyl (C=O) groups excluding carboxylic acids is 2. The lowest BCUT2D eigenvalue weighted by molar-refractivity contribution is -0.184. The van der Waals surface area contributed by atoms with Crippen molar-refractivity contribution in [2.75, 3.05) is 6.61 Å². The molecule has 1 heterocycles. The largest absolute Gasteiger partial charge is 0.484 e. The number of nitrogens with zero attached hydrogens (tertiary/aromatic N) is 2. The summed E-state index contributed by atoms with van der Waals surface area (Å²) >= 11 is 5.61. The molecular weight excluding hydrogens is 411 g/mol. The van der Waals surface area contributed by atoms with Crippen molar-refractivity contribution in [2.24, 2.45) is 5.41 Å². The Bertz CT molecular complexity index is 1030. The average molecular weight is 429 g/mol. The summed E-state index contributed by atoms with van der Waals surface area (Å²) in [6.45, 7) is 0.0951. The third kappa shape index (κ3) is 3.81. The molecule has 1 aromatic heterocycles. The topological polar surface area (TPSA) is 104 Å². The third-order valence-corrected chi connectivity index (χ3v) is 5.88. The molecule has 1 aromatic carbocycles. The van der Waals surface area contributed by atoms with Crippen LogP contribution in [0, 0.1) is 22.6 Å². The number of nitriles is 1. The molecule has 9 heteroatoms. The molecule has 2 bridgehead atoms. The minimum Gasteiger partial charge on any atom is -0.484 e. The fraction of sp³-hybridized carbons (Fsp3) is 0.333. The molecule has 0 unspecified atom stereocenters. The first-order valence-corrected chi connectivity index (χ1v) is 9.73. The van der Waals surface area contributed by atoms with Crippen molar-refractivity contribution >= 4 is 23.4 Å². The number of ether oxygens (including phenoxy) is 1. The second kappa shape index (κ2) is 7.58. The highest BCUT2D eigenvalue weighted by Crippen LogP contribution is 2.67. The van der Waals surface area contributed by atoms with Crippen LogP contribution >= 0.6 is 11.6 Å². The predicted octanol–water partition coefficient (Wildman–Crippen LogP) is 2.48. The molecule has 2 N–H and O–H groups in total. The maximum atomic E-state index is 13.4. The normalized spacial score (nSPS) is 23.4. The van der Waals surface area contributed by atoms with Gasteiger partial charge in [0.2, 0.25) is 5.91 Å². The molecule has 0 saturated heterocycles. The minimum atomic E-state index is -0.612. The molecule has 0 aliphatic heterocycles. The summed E-state index contributed by atoms with van der Waals surface area (Å²) < 4.78 is 18.7. The van der Waals surface area contributed by atoms with Gasteiger partial charge in [-0.25, -0.2) is 9.37 Å². The van der Waals surface area contributed by atoms with E-state index in [1.165, 1.54) is 12.1 Å². The van der Waals surface area contributed by atoms with E-state index in [1.807, 2.05) is 6.07 Å². The number of rotatable bonds is 7. The molecule has 2 aromatic rings. The number of hydrogen-bond acceptors (Lipinski definition) is 5. The number of amides is 2. The third-order valence-electron chi connectivity index (χ3n) is 5.57. The fourth-order valence-electron chi connectivity index (χ4n) is 4.17. The van der Waals surface area contributed by atoms with Crippen LogP contribution in [0.5, 0.6) is 5.75 Å². The van der Waals surface area contributed by atoms with Crippen LogP contribution in [0.15, 0.2) is 36.5 Å². The van der Waals surface area contributed by atoms with Gasteiger partial charge in [0.25, 0.3) is 5.91 Å². The second-order valence-electron chi connectivity index (χ2n) is 7.85. The van der Waals surface area contributed by atoms with E-state index in [0.29, 0.717) is 31.5 Å². The number of halogens is 2. The van der Waals surface area contributed by atoms with Crippen LogP contribution in [-0.4, -0.2) is 28.9 Å². The van der Waals surface area contributed by atoms with Gasteiger partial charge >= 0.3 is 0 Å². The first-order chi connectivity index (χ1) is 14.3. The zero-order valence-electron chi connectivity index (χ0n) is 15.9. The van der Waals surface area contributed by atoms with E-state index in [-0.39, 0.29) is 34.7 Å². The Morgan fingerprint density at radius 1 is 1.27 bits per heavy atom. The zero-order chi connectivity index (χ0) is 21.4. The van der Waals surface area contributed by atoms with E-state index in [9.17, 15) is 14.0 Å². The van der Waals surface area contributed by atoms with E-state index in [4.69, 9.17) is 21.6 Å². The standard InChI is InChI=1S/C21H18ClFN4O3/c22-16-4-3-15(5-17(16)23)30-9-18(28)27-21-10-20(11-21,12-21)19(29)26-8-13-1-2-14(6-24)25-7-13/h1-5,7H,8-12H2,(H,26,29)(H,27,28). The van der Waals surface area contributed by atoms with Crippen LogP contribution in [0.4, 0.5) is 4.39 Å². The summed E-state index contributed by atoms with van der Waals surface area (Å²) in [5.41, 5.74) is 0.340. The van der Waals surface area contributed by atoms with Crippen LogP contribution < -0.4 is 15.4 Å². The molecule has 7 nitrogen and oxygen atoms in total. The first kappa shape index (κ1) is 20.1. The lowest BCUT2D eigenvalue weighted by Gasteiger charge is -2.69. The average Bonchev–Trinajstić information content (AvgIpc) is 2.69. The molecule has 0 radical (unpaired) electrons. The molecule has 154 valence electrons. The Balaban J connectivity index is 1.21. The number of benzene rings is 1. The minimum absolute atomic E-state index is 0.0142. The number of carbonyl (C=O) groups is 2. The van der Waals surface area contributed by atoms with Crippen LogP contribution in [-0.2, 0) is 16.1 Å². The van der Waals surface area contributed by atoms with Gasteiger partial charge in [-0.15, -0.1) is 0 Å². The molecule has 3 fully saturated rings. The maximum absolute atomic E-state index is 13.4. The van der Waals surface area contributed by atoms with Crippen molar-refractivity contribution in [3.05, 3.63) is 58.6 Å². The smallest absolute Gasteiger partial charge is 0.258 e. The molecule has 3 saturated carbocycles. The van der Waals surface area contributed by atoms with Crippen LogP contribution in [0.3, 0.4) is 0 Å². The van der Waals surface area contributed by atoms with E-state index in [2.05, 4.69) is 15.6 Å². The fourth-order valence-corrected chi connectivity index (χ4v) is 4.29. The van der Waals surface area contributed by atoms with Gasteiger partial charge in [-0.05, 0) is 43.0 Å². The van der Waals surface area contributed by atoms with Gasteiger partial charge in [0.15, 0.2) is 6.61 Å². The van der Waals surface area contributed by atoms with E-state index >= 15 is 0 Å². The lowest BCUT2D eigenvalue weighted by atomic mass is 9.39. The van der Waals surface area contributed by atoms with Gasteiger partial charge in [0.05, 0.1) is 10.4 Å². The molecule has 0 spiro atoms. The Kier molecular flexibility index (Phi) is 5.08. The molecule has 3 aliphatic carbocycles. The molecule has 30 heavy (non-hydrogen) atoms. The van der Waals surface area contributed by atoms with Crippen LogP contribution in [0.1, 0.15) is 30.5 Å². The number of pyridine rings is 1. The SMILES string of the molecule is N#Cc1ccc(CNC(=O)C23CC(NC(=O)COc4ccc(Cl)c(F)c4)(C2)C3)cn1. The lowest BCUT2D eigenvalue weighted by Crippen LogP contribution is -2.78. The Hall–Kier alpha value is -3.18. The summed E-state index contributed by atoms with van der Waals surface area (Å²) in [5.74, 6) is -0.755. The number of aromatic nitrogens is 1. The van der Waals surface area contributed by atoms with Gasteiger partial charge in [-0.3, -0.25) is 9.59 Å². The summed E-state index contributed by atoms with van der Waals surface area (Å²) in [4.78, 5) is 28.6. The van der Waals surface area contributed by atoms with Crippen molar-refractivity contribution in [3.8, 4) is 11.8 Å². The molecule has 2 amide bonds. The Labute approximate surface area is 177 Å². The van der Waals surface area contributed by atoms with Gasteiger partial charge < -0.3 is 15.4 Å². The quantitative estimate of drug-likeness (QED) is 0.705. The zero-order valence-corrected chi connectivity index (χ0v) is 16.6. The molecule has 0 atom stereocenters.